The minimum atomic E-state index is -0.101. The summed E-state index contributed by atoms with van der Waals surface area (Å²) in [6.45, 7) is 8.07. The second-order valence-electron chi connectivity index (χ2n) is 8.17. The predicted octanol–water partition coefficient (Wildman–Crippen LogP) is 3.00. The Morgan fingerprint density at radius 1 is 1.22 bits per heavy atom. The van der Waals surface area contributed by atoms with Gasteiger partial charge in [-0.05, 0) is 65.7 Å². The number of nitrogens with zero attached hydrogens (tertiary/aromatic N) is 3. The zero-order valence-electron chi connectivity index (χ0n) is 16.2. The second-order valence-corrected chi connectivity index (χ2v) is 9.09. The van der Waals surface area contributed by atoms with Crippen molar-refractivity contribution in [3.05, 3.63) is 22.8 Å². The Bertz CT molecular complexity index is 656. The number of anilines is 1. The Labute approximate surface area is 169 Å². The molecule has 2 saturated heterocycles. The predicted molar refractivity (Wildman–Crippen MR) is 109 cm³/mol. The van der Waals surface area contributed by atoms with Crippen LogP contribution in [-0.4, -0.2) is 59.3 Å². The Hall–Kier alpha value is -1.47. The lowest BCUT2D eigenvalue weighted by molar-refractivity contribution is -0.136. The average Bonchev–Trinajstić information content (AvgIpc) is 2.63. The van der Waals surface area contributed by atoms with Crippen LogP contribution in [0.2, 0.25) is 0 Å². The molecule has 1 aromatic heterocycles. The molecule has 1 N–H and O–H groups in total. The molecule has 0 spiro atoms. The van der Waals surface area contributed by atoms with Gasteiger partial charge in [0.05, 0.1) is 12.5 Å². The average molecular weight is 437 g/mol. The topological polar surface area (TPSA) is 65.5 Å². The van der Waals surface area contributed by atoms with Gasteiger partial charge in [-0.1, -0.05) is 13.8 Å². The molecular weight excluding hydrogens is 408 g/mol. The Balaban J connectivity index is 1.52. The van der Waals surface area contributed by atoms with E-state index in [-0.39, 0.29) is 17.7 Å². The summed E-state index contributed by atoms with van der Waals surface area (Å²) in [6, 6.07) is 3.64. The maximum absolute atomic E-state index is 12.7. The fraction of sp³-hybridized carbons (Fsp3) is 0.650. The van der Waals surface area contributed by atoms with Crippen molar-refractivity contribution in [1.82, 2.24) is 14.8 Å². The standard InChI is InChI=1S/C20H29BrN4O2/c1-14-8-15(2)11-25(10-14)19(26)13-24-7-3-4-16(12-24)20(27)23-18-6-5-17(21)9-22-18/h5-6,9,14-16H,3-4,7-8,10-13H2,1-2H3,(H,22,23,27). The normalized spacial score (nSPS) is 26.6. The molecule has 3 atom stereocenters. The Kier molecular flexibility index (Phi) is 6.87. The van der Waals surface area contributed by atoms with Crippen molar-refractivity contribution in [2.45, 2.75) is 33.1 Å². The lowest BCUT2D eigenvalue weighted by Crippen LogP contribution is -2.49. The van der Waals surface area contributed by atoms with E-state index in [1.54, 1.807) is 12.3 Å². The van der Waals surface area contributed by atoms with Gasteiger partial charge in [0.1, 0.15) is 5.82 Å². The first-order chi connectivity index (χ1) is 12.9. The number of hydrogen-bond donors (Lipinski definition) is 1. The van der Waals surface area contributed by atoms with Gasteiger partial charge in [0.2, 0.25) is 11.8 Å². The van der Waals surface area contributed by atoms with E-state index < -0.39 is 0 Å². The van der Waals surface area contributed by atoms with Crippen molar-refractivity contribution in [2.24, 2.45) is 17.8 Å². The molecule has 3 unspecified atom stereocenters. The molecule has 148 valence electrons. The smallest absolute Gasteiger partial charge is 0.236 e. The third-order valence-electron chi connectivity index (χ3n) is 5.44. The van der Waals surface area contributed by atoms with Crippen LogP contribution in [0.5, 0.6) is 0 Å². The number of piperidine rings is 2. The fourth-order valence-electron chi connectivity index (χ4n) is 4.25. The van der Waals surface area contributed by atoms with Crippen molar-refractivity contribution in [3.63, 3.8) is 0 Å². The van der Waals surface area contributed by atoms with Crippen molar-refractivity contribution in [3.8, 4) is 0 Å². The van der Waals surface area contributed by atoms with Crippen LogP contribution in [0.15, 0.2) is 22.8 Å². The molecule has 3 heterocycles. The van der Waals surface area contributed by atoms with Gasteiger partial charge >= 0.3 is 0 Å². The molecule has 0 saturated carbocycles. The molecule has 0 aliphatic carbocycles. The van der Waals surface area contributed by atoms with Gasteiger partial charge in [-0.3, -0.25) is 14.5 Å². The molecule has 1 aromatic rings. The van der Waals surface area contributed by atoms with Gasteiger partial charge in [-0.15, -0.1) is 0 Å². The summed E-state index contributed by atoms with van der Waals surface area (Å²) < 4.78 is 0.879. The van der Waals surface area contributed by atoms with Crippen molar-refractivity contribution in [2.75, 3.05) is 38.0 Å². The number of nitrogens with one attached hydrogen (secondary N) is 1. The van der Waals surface area contributed by atoms with E-state index in [1.165, 1.54) is 6.42 Å². The van der Waals surface area contributed by atoms with E-state index in [4.69, 9.17) is 0 Å². The van der Waals surface area contributed by atoms with Gasteiger partial charge in [0.15, 0.2) is 0 Å². The maximum Gasteiger partial charge on any atom is 0.236 e. The first kappa shape index (κ1) is 20.3. The first-order valence-electron chi connectivity index (χ1n) is 9.83. The Morgan fingerprint density at radius 3 is 2.63 bits per heavy atom. The minimum Gasteiger partial charge on any atom is -0.341 e. The molecule has 2 aliphatic rings. The highest BCUT2D eigenvalue weighted by Crippen LogP contribution is 2.22. The molecule has 0 aromatic carbocycles. The number of carbonyl (C=O) groups excluding carboxylic acids is 2. The van der Waals surface area contributed by atoms with Crippen molar-refractivity contribution in [1.29, 1.82) is 0 Å². The van der Waals surface area contributed by atoms with Crippen LogP contribution in [0.1, 0.15) is 33.1 Å². The van der Waals surface area contributed by atoms with Gasteiger partial charge in [-0.2, -0.15) is 0 Å². The molecule has 0 bridgehead atoms. The van der Waals surface area contributed by atoms with Crippen molar-refractivity contribution >= 4 is 33.6 Å². The number of likely N-dealkylation sites (tertiary alicyclic amines) is 2. The van der Waals surface area contributed by atoms with Crippen LogP contribution >= 0.6 is 15.9 Å². The van der Waals surface area contributed by atoms with E-state index in [2.05, 4.69) is 45.0 Å². The summed E-state index contributed by atoms with van der Waals surface area (Å²) >= 11 is 3.34. The van der Waals surface area contributed by atoms with E-state index in [1.807, 2.05) is 11.0 Å². The number of pyridine rings is 1. The number of rotatable bonds is 4. The summed E-state index contributed by atoms with van der Waals surface area (Å²) in [5.74, 6) is 1.78. The van der Waals surface area contributed by atoms with Gasteiger partial charge in [-0.25, -0.2) is 4.98 Å². The van der Waals surface area contributed by atoms with Gasteiger partial charge in [0.25, 0.3) is 0 Å². The summed E-state index contributed by atoms with van der Waals surface area (Å²) in [4.78, 5) is 33.7. The van der Waals surface area contributed by atoms with Crippen molar-refractivity contribution < 1.29 is 9.59 Å². The van der Waals surface area contributed by atoms with Gasteiger partial charge in [0, 0.05) is 30.3 Å². The number of hydrogen-bond acceptors (Lipinski definition) is 4. The lowest BCUT2D eigenvalue weighted by Gasteiger charge is -2.37. The number of amides is 2. The fourth-order valence-corrected chi connectivity index (χ4v) is 4.48. The second kappa shape index (κ2) is 9.15. The van der Waals surface area contributed by atoms with Crippen LogP contribution in [0, 0.1) is 17.8 Å². The zero-order chi connectivity index (χ0) is 19.4. The molecule has 2 amide bonds. The monoisotopic (exact) mass is 436 g/mol. The summed E-state index contributed by atoms with van der Waals surface area (Å²) in [6.07, 6.45) is 4.65. The third-order valence-corrected chi connectivity index (χ3v) is 5.90. The highest BCUT2D eigenvalue weighted by Gasteiger charge is 2.30. The SMILES string of the molecule is CC1CC(C)CN(C(=O)CN2CCCC(C(=O)Nc3ccc(Br)cn3)C2)C1. The quantitative estimate of drug-likeness (QED) is 0.787. The van der Waals surface area contributed by atoms with E-state index in [9.17, 15) is 9.59 Å². The molecule has 0 radical (unpaired) electrons. The molecule has 3 rings (SSSR count). The van der Waals surface area contributed by atoms with Gasteiger partial charge < -0.3 is 10.2 Å². The van der Waals surface area contributed by atoms with E-state index in [0.29, 0.717) is 30.7 Å². The number of halogens is 1. The molecule has 2 fully saturated rings. The van der Waals surface area contributed by atoms with E-state index >= 15 is 0 Å². The number of carbonyl (C=O) groups is 2. The third kappa shape index (κ3) is 5.75. The molecule has 27 heavy (non-hydrogen) atoms. The summed E-state index contributed by atoms with van der Waals surface area (Å²) in [5.41, 5.74) is 0. The largest absolute Gasteiger partial charge is 0.341 e. The summed E-state index contributed by atoms with van der Waals surface area (Å²) in [7, 11) is 0. The van der Waals surface area contributed by atoms with Crippen LogP contribution in [0.4, 0.5) is 5.82 Å². The van der Waals surface area contributed by atoms with Crippen LogP contribution in [0.25, 0.3) is 0 Å². The molecule has 6 nitrogen and oxygen atoms in total. The lowest BCUT2D eigenvalue weighted by atomic mass is 9.92. The highest BCUT2D eigenvalue weighted by atomic mass is 79.9. The van der Waals surface area contributed by atoms with Crippen LogP contribution in [-0.2, 0) is 9.59 Å². The molecule has 2 aliphatic heterocycles. The number of aromatic nitrogens is 1. The van der Waals surface area contributed by atoms with E-state index in [0.717, 1.165) is 36.9 Å². The first-order valence-corrected chi connectivity index (χ1v) is 10.6. The highest BCUT2D eigenvalue weighted by molar-refractivity contribution is 9.10. The zero-order valence-corrected chi connectivity index (χ0v) is 17.7. The molecule has 7 heteroatoms. The molecular formula is C20H29BrN4O2. The summed E-state index contributed by atoms with van der Waals surface area (Å²) in [5, 5.41) is 2.89. The Morgan fingerprint density at radius 2 is 1.96 bits per heavy atom. The minimum absolute atomic E-state index is 0.0119. The van der Waals surface area contributed by atoms with Crippen LogP contribution in [0.3, 0.4) is 0 Å². The van der Waals surface area contributed by atoms with Crippen LogP contribution < -0.4 is 5.32 Å². The maximum atomic E-state index is 12.7.